The Balaban J connectivity index is 2.03. The molecule has 0 spiro atoms. The van der Waals surface area contributed by atoms with Crippen molar-refractivity contribution in [2.75, 3.05) is 25.0 Å². The number of aromatic nitrogens is 1. The van der Waals surface area contributed by atoms with E-state index < -0.39 is 0 Å². The highest BCUT2D eigenvalue weighted by Crippen LogP contribution is 2.24. The Hall–Kier alpha value is -1.92. The lowest BCUT2D eigenvalue weighted by molar-refractivity contribution is 0.201. The van der Waals surface area contributed by atoms with E-state index in [4.69, 9.17) is 5.11 Å². The third kappa shape index (κ3) is 5.33. The largest absolute Gasteiger partial charge is 0.396 e. The number of hydrogen-bond acceptors (Lipinski definition) is 4. The summed E-state index contributed by atoms with van der Waals surface area (Å²) in [6, 6.07) is 7.58. The van der Waals surface area contributed by atoms with Crippen LogP contribution in [-0.4, -0.2) is 40.7 Å². The van der Waals surface area contributed by atoms with Crippen molar-refractivity contribution in [3.05, 3.63) is 35.8 Å². The van der Waals surface area contributed by atoms with E-state index in [-0.39, 0.29) is 12.6 Å². The van der Waals surface area contributed by atoms with E-state index >= 15 is 0 Å². The summed E-state index contributed by atoms with van der Waals surface area (Å²) in [5, 5.41) is 14.8. The number of carbonyl (C=O) groups excluding carboxylic acids is 1. The Kier molecular flexibility index (Phi) is 7.03. The summed E-state index contributed by atoms with van der Waals surface area (Å²) in [7, 11) is 0. The van der Waals surface area contributed by atoms with Gasteiger partial charge in [-0.3, -0.25) is 0 Å². The number of amides is 2. The number of carbonyl (C=O) groups is 1. The minimum absolute atomic E-state index is 0.0927. The van der Waals surface area contributed by atoms with Crippen molar-refractivity contribution in [1.82, 2.24) is 9.88 Å². The van der Waals surface area contributed by atoms with Crippen LogP contribution in [0.5, 0.6) is 0 Å². The van der Waals surface area contributed by atoms with Crippen molar-refractivity contribution < 1.29 is 9.90 Å². The van der Waals surface area contributed by atoms with E-state index in [1.807, 2.05) is 29.6 Å². The number of rotatable bonds is 8. The average Bonchev–Trinajstić information content (AvgIpc) is 3.09. The molecule has 1 aromatic heterocycles. The van der Waals surface area contributed by atoms with Gasteiger partial charge in [-0.25, -0.2) is 9.78 Å². The first kappa shape index (κ1) is 17.4. The van der Waals surface area contributed by atoms with Gasteiger partial charge in [-0.2, -0.15) is 0 Å². The van der Waals surface area contributed by atoms with E-state index in [1.165, 1.54) is 0 Å². The van der Waals surface area contributed by atoms with Crippen molar-refractivity contribution in [3.63, 3.8) is 0 Å². The lowest BCUT2D eigenvalue weighted by Crippen LogP contribution is -2.36. The summed E-state index contributed by atoms with van der Waals surface area (Å²) in [4.78, 5) is 18.5. The number of thiazole rings is 1. The second kappa shape index (κ2) is 9.27. The Bertz CT molecular complexity index is 594. The number of unbranched alkanes of at least 4 members (excludes halogenated alkanes) is 1. The molecule has 1 heterocycles. The van der Waals surface area contributed by atoms with Gasteiger partial charge in [0.1, 0.15) is 5.01 Å². The van der Waals surface area contributed by atoms with Crippen molar-refractivity contribution in [2.45, 2.75) is 26.2 Å². The molecule has 0 saturated carbocycles. The van der Waals surface area contributed by atoms with Gasteiger partial charge in [-0.15, -0.1) is 11.3 Å². The molecule has 0 radical (unpaired) electrons. The smallest absolute Gasteiger partial charge is 0.321 e. The number of urea groups is 1. The molecular formula is C17H23N3O2S. The van der Waals surface area contributed by atoms with Crippen LogP contribution in [0, 0.1) is 0 Å². The van der Waals surface area contributed by atoms with Crippen LogP contribution in [0.15, 0.2) is 35.8 Å². The van der Waals surface area contributed by atoms with Crippen LogP contribution in [0.25, 0.3) is 10.6 Å². The van der Waals surface area contributed by atoms with Crippen molar-refractivity contribution in [2.24, 2.45) is 0 Å². The summed E-state index contributed by atoms with van der Waals surface area (Å²) < 4.78 is 0. The first-order chi connectivity index (χ1) is 11.2. The molecule has 5 nitrogen and oxygen atoms in total. The SMILES string of the molecule is CCCCN(CCCO)C(=O)Nc1cccc(-c2nccs2)c1. The zero-order chi connectivity index (χ0) is 16.5. The number of anilines is 1. The summed E-state index contributed by atoms with van der Waals surface area (Å²) in [6.45, 7) is 3.46. The van der Waals surface area contributed by atoms with Gasteiger partial charge in [0.15, 0.2) is 0 Å². The minimum Gasteiger partial charge on any atom is -0.396 e. The second-order valence-corrected chi connectivity index (χ2v) is 6.16. The molecule has 0 aliphatic rings. The summed E-state index contributed by atoms with van der Waals surface area (Å²) in [5.41, 5.74) is 1.75. The summed E-state index contributed by atoms with van der Waals surface area (Å²) in [5.74, 6) is 0. The molecule has 2 N–H and O–H groups in total. The topological polar surface area (TPSA) is 65.5 Å². The van der Waals surface area contributed by atoms with Crippen LogP contribution in [0.2, 0.25) is 0 Å². The van der Waals surface area contributed by atoms with E-state index in [1.54, 1.807) is 22.4 Å². The average molecular weight is 333 g/mol. The highest BCUT2D eigenvalue weighted by atomic mass is 32.1. The van der Waals surface area contributed by atoms with Crippen LogP contribution >= 0.6 is 11.3 Å². The highest BCUT2D eigenvalue weighted by Gasteiger charge is 2.13. The molecule has 0 unspecified atom stereocenters. The van der Waals surface area contributed by atoms with Crippen LogP contribution in [0.1, 0.15) is 26.2 Å². The number of aliphatic hydroxyl groups is 1. The van der Waals surface area contributed by atoms with Crippen LogP contribution in [0.3, 0.4) is 0 Å². The Morgan fingerprint density at radius 2 is 2.17 bits per heavy atom. The van der Waals surface area contributed by atoms with Gasteiger partial charge in [0, 0.05) is 42.5 Å². The maximum atomic E-state index is 12.4. The third-order valence-electron chi connectivity index (χ3n) is 3.45. The van der Waals surface area contributed by atoms with E-state index in [0.717, 1.165) is 29.1 Å². The molecule has 6 heteroatoms. The minimum atomic E-state index is -0.122. The zero-order valence-corrected chi connectivity index (χ0v) is 14.2. The molecule has 2 amide bonds. The maximum Gasteiger partial charge on any atom is 0.321 e. The van der Waals surface area contributed by atoms with Gasteiger partial charge in [-0.05, 0) is 25.0 Å². The lowest BCUT2D eigenvalue weighted by atomic mass is 10.2. The monoisotopic (exact) mass is 333 g/mol. The molecule has 2 rings (SSSR count). The molecule has 0 aliphatic heterocycles. The lowest BCUT2D eigenvalue weighted by Gasteiger charge is -2.22. The maximum absolute atomic E-state index is 12.4. The Morgan fingerprint density at radius 3 is 2.87 bits per heavy atom. The fraction of sp³-hybridized carbons (Fsp3) is 0.412. The molecule has 1 aromatic carbocycles. The van der Waals surface area contributed by atoms with Crippen molar-refractivity contribution >= 4 is 23.1 Å². The van der Waals surface area contributed by atoms with Crippen LogP contribution in [-0.2, 0) is 0 Å². The highest BCUT2D eigenvalue weighted by molar-refractivity contribution is 7.13. The molecule has 0 atom stereocenters. The fourth-order valence-electron chi connectivity index (χ4n) is 2.22. The van der Waals surface area contributed by atoms with Crippen LogP contribution in [0.4, 0.5) is 10.5 Å². The van der Waals surface area contributed by atoms with Crippen LogP contribution < -0.4 is 5.32 Å². The molecule has 0 fully saturated rings. The van der Waals surface area contributed by atoms with Gasteiger partial charge in [-0.1, -0.05) is 25.5 Å². The van der Waals surface area contributed by atoms with E-state index in [0.29, 0.717) is 19.5 Å². The standard InChI is InChI=1S/C17H23N3O2S/c1-2-3-9-20(10-5-11-21)17(22)19-15-7-4-6-14(13-15)16-18-8-12-23-16/h4,6-8,12-13,21H,2-3,5,9-11H2,1H3,(H,19,22). The summed E-state index contributed by atoms with van der Waals surface area (Å²) >= 11 is 1.57. The molecule has 0 bridgehead atoms. The second-order valence-electron chi connectivity index (χ2n) is 5.27. The van der Waals surface area contributed by atoms with E-state index in [2.05, 4.69) is 17.2 Å². The van der Waals surface area contributed by atoms with Crippen molar-refractivity contribution in [1.29, 1.82) is 0 Å². The Morgan fingerprint density at radius 1 is 1.35 bits per heavy atom. The van der Waals surface area contributed by atoms with Crippen molar-refractivity contribution in [3.8, 4) is 10.6 Å². The Labute approximate surface area is 141 Å². The number of hydrogen-bond donors (Lipinski definition) is 2. The number of aliphatic hydroxyl groups excluding tert-OH is 1. The molecule has 0 saturated heterocycles. The molecule has 2 aromatic rings. The molecular weight excluding hydrogens is 310 g/mol. The molecule has 0 aliphatic carbocycles. The summed E-state index contributed by atoms with van der Waals surface area (Å²) in [6.07, 6.45) is 4.35. The quantitative estimate of drug-likeness (QED) is 0.771. The van der Waals surface area contributed by atoms with Gasteiger partial charge in [0.2, 0.25) is 0 Å². The van der Waals surface area contributed by atoms with E-state index in [9.17, 15) is 4.79 Å². The first-order valence-electron chi connectivity index (χ1n) is 7.91. The molecule has 23 heavy (non-hydrogen) atoms. The molecule has 124 valence electrons. The first-order valence-corrected chi connectivity index (χ1v) is 8.79. The number of nitrogens with one attached hydrogen (secondary N) is 1. The third-order valence-corrected chi connectivity index (χ3v) is 4.27. The number of nitrogens with zero attached hydrogens (tertiary/aromatic N) is 2. The van der Waals surface area contributed by atoms with Gasteiger partial charge >= 0.3 is 6.03 Å². The predicted molar refractivity (Wildman–Crippen MR) is 94.8 cm³/mol. The van der Waals surface area contributed by atoms with Gasteiger partial charge in [0.25, 0.3) is 0 Å². The van der Waals surface area contributed by atoms with Gasteiger partial charge < -0.3 is 15.3 Å². The fourth-order valence-corrected chi connectivity index (χ4v) is 2.86. The predicted octanol–water partition coefficient (Wildman–Crippen LogP) is 3.83. The normalized spacial score (nSPS) is 10.5. The number of benzene rings is 1. The zero-order valence-electron chi connectivity index (χ0n) is 13.4. The van der Waals surface area contributed by atoms with Gasteiger partial charge in [0.05, 0.1) is 0 Å².